The van der Waals surface area contributed by atoms with E-state index in [-0.39, 0.29) is 0 Å². The maximum absolute atomic E-state index is 6.86. The lowest BCUT2D eigenvalue weighted by atomic mass is 10.2. The molecule has 0 saturated carbocycles. The smallest absolute Gasteiger partial charge is 0.0361 e. The molecule has 0 amide bonds. The van der Waals surface area contributed by atoms with Crippen molar-refractivity contribution in [2.24, 2.45) is 0 Å². The molecular weight excluding hydrogens is 134 g/mol. The van der Waals surface area contributed by atoms with E-state index in [0.717, 1.165) is 11.3 Å². The predicted molar refractivity (Wildman–Crippen MR) is 47.0 cm³/mol. The van der Waals surface area contributed by atoms with E-state index in [1.165, 1.54) is 0 Å². The Kier molecular flexibility index (Phi) is 2.18. The van der Waals surface area contributed by atoms with E-state index in [9.17, 15) is 0 Å². The second-order valence-corrected chi connectivity index (χ2v) is 2.57. The van der Waals surface area contributed by atoms with Crippen molar-refractivity contribution in [3.63, 3.8) is 0 Å². The Hall–Kier alpha value is -1.42. The first-order valence-electron chi connectivity index (χ1n) is 3.44. The van der Waals surface area contributed by atoms with Gasteiger partial charge in [-0.05, 0) is 30.7 Å². The van der Waals surface area contributed by atoms with Crippen LogP contribution in [0.25, 0.3) is 0 Å². The van der Waals surface area contributed by atoms with Crippen molar-refractivity contribution >= 4 is 5.69 Å². The molecule has 0 unspecified atom stereocenters. The van der Waals surface area contributed by atoms with Crippen molar-refractivity contribution in [1.29, 1.82) is 0 Å². The number of hydrogen-bond acceptors (Lipinski definition) is 1. The number of rotatable bonds is 1. The zero-order valence-electron chi connectivity index (χ0n) is 6.76. The van der Waals surface area contributed by atoms with Gasteiger partial charge in [-0.2, -0.15) is 0 Å². The Morgan fingerprint density at radius 3 is 2.09 bits per heavy atom. The first kappa shape index (κ1) is 7.68. The van der Waals surface area contributed by atoms with Gasteiger partial charge in [0.15, 0.2) is 0 Å². The fourth-order valence-electron chi connectivity index (χ4n) is 0.843. The summed E-state index contributed by atoms with van der Waals surface area (Å²) < 4.78 is 0. The first-order valence-corrected chi connectivity index (χ1v) is 3.44. The highest BCUT2D eigenvalue weighted by Gasteiger charge is 1.92. The Labute approximate surface area is 67.7 Å². The summed E-state index contributed by atoms with van der Waals surface area (Å²) >= 11 is 0. The minimum atomic E-state index is 0.815. The Morgan fingerprint density at radius 2 is 1.73 bits per heavy atom. The lowest BCUT2D eigenvalue weighted by Crippen LogP contribution is -2.07. The molecule has 0 atom stereocenters. The van der Waals surface area contributed by atoms with Crippen LogP contribution in [-0.4, -0.2) is 14.1 Å². The third-order valence-electron chi connectivity index (χ3n) is 1.53. The average molecular weight is 144 g/mol. The van der Waals surface area contributed by atoms with E-state index in [4.69, 9.17) is 6.42 Å². The fourth-order valence-corrected chi connectivity index (χ4v) is 0.843. The Morgan fingerprint density at radius 1 is 1.18 bits per heavy atom. The molecule has 1 nitrogen and oxygen atoms in total. The molecule has 1 heteroatoms. The molecule has 0 aromatic heterocycles. The van der Waals surface area contributed by atoms with Crippen LogP contribution in [0.2, 0.25) is 0 Å². The molecule has 0 heterocycles. The van der Waals surface area contributed by atoms with E-state index in [2.05, 4.69) is 5.92 Å². The molecule has 0 saturated heterocycles. The first-order chi connectivity index (χ1) is 5.24. The maximum Gasteiger partial charge on any atom is 0.0361 e. The molecule has 1 aromatic carbocycles. The van der Waals surface area contributed by atoms with Crippen molar-refractivity contribution in [2.45, 2.75) is 0 Å². The van der Waals surface area contributed by atoms with E-state index in [1.54, 1.807) is 0 Å². The van der Waals surface area contributed by atoms with E-state index in [1.807, 2.05) is 43.3 Å². The molecular formula is C10H10N. The monoisotopic (exact) mass is 144 g/mol. The predicted octanol–water partition coefficient (Wildman–Crippen LogP) is 1.69. The third-order valence-corrected chi connectivity index (χ3v) is 1.53. The van der Waals surface area contributed by atoms with Crippen molar-refractivity contribution < 1.29 is 0 Å². The molecule has 11 heavy (non-hydrogen) atoms. The molecule has 0 bridgehead atoms. The van der Waals surface area contributed by atoms with Gasteiger partial charge in [0, 0.05) is 25.3 Å². The van der Waals surface area contributed by atoms with Crippen molar-refractivity contribution in [3.05, 3.63) is 36.3 Å². The van der Waals surface area contributed by atoms with Crippen LogP contribution in [0.1, 0.15) is 5.56 Å². The minimum Gasteiger partial charge on any atom is -0.378 e. The standard InChI is InChI=1S/C10H10N/c1-4-9-5-7-10(8-6-9)11(2)3/h5-8H,2-3H3. The molecule has 0 spiro atoms. The van der Waals surface area contributed by atoms with E-state index >= 15 is 0 Å². The lowest BCUT2D eigenvalue weighted by molar-refractivity contribution is 1.13. The molecule has 0 fully saturated rings. The van der Waals surface area contributed by atoms with Crippen LogP contribution >= 0.6 is 0 Å². The fraction of sp³-hybridized carbons (Fsp3) is 0.200. The van der Waals surface area contributed by atoms with Crippen LogP contribution in [0.5, 0.6) is 0 Å². The zero-order valence-corrected chi connectivity index (χ0v) is 6.76. The second kappa shape index (κ2) is 3.12. The second-order valence-electron chi connectivity index (χ2n) is 2.57. The van der Waals surface area contributed by atoms with Gasteiger partial charge in [0.1, 0.15) is 0 Å². The summed E-state index contributed by atoms with van der Waals surface area (Å²) in [5.74, 6) is 2.32. The van der Waals surface area contributed by atoms with Crippen LogP contribution in [-0.2, 0) is 0 Å². The van der Waals surface area contributed by atoms with E-state index < -0.39 is 0 Å². The molecule has 1 radical (unpaired) electrons. The van der Waals surface area contributed by atoms with Crippen LogP contribution < -0.4 is 4.90 Å². The van der Waals surface area contributed by atoms with Gasteiger partial charge in [-0.25, -0.2) is 0 Å². The molecule has 0 N–H and O–H groups in total. The highest BCUT2D eigenvalue weighted by molar-refractivity contribution is 5.48. The van der Waals surface area contributed by atoms with Gasteiger partial charge < -0.3 is 4.90 Å². The number of nitrogens with zero attached hydrogens (tertiary/aromatic N) is 1. The van der Waals surface area contributed by atoms with Gasteiger partial charge in [-0.3, -0.25) is 0 Å². The van der Waals surface area contributed by atoms with Gasteiger partial charge >= 0.3 is 0 Å². The molecule has 1 aromatic rings. The summed E-state index contributed by atoms with van der Waals surface area (Å²) in [5, 5.41) is 0. The molecule has 0 aliphatic carbocycles. The number of benzene rings is 1. The van der Waals surface area contributed by atoms with Crippen LogP contribution in [0.15, 0.2) is 24.3 Å². The third kappa shape index (κ3) is 1.75. The Balaban J connectivity index is 2.94. The lowest BCUT2D eigenvalue weighted by Gasteiger charge is -2.11. The largest absolute Gasteiger partial charge is 0.378 e. The summed E-state index contributed by atoms with van der Waals surface area (Å²) in [6, 6.07) is 7.69. The molecule has 0 aliphatic rings. The van der Waals surface area contributed by atoms with Gasteiger partial charge in [-0.15, -0.1) is 0 Å². The van der Waals surface area contributed by atoms with Gasteiger partial charge in [0.25, 0.3) is 0 Å². The minimum absolute atomic E-state index is 0.815. The van der Waals surface area contributed by atoms with Crippen molar-refractivity contribution in [2.75, 3.05) is 19.0 Å². The zero-order chi connectivity index (χ0) is 8.27. The summed E-state index contributed by atoms with van der Waals surface area (Å²) in [6.07, 6.45) is 6.86. The van der Waals surface area contributed by atoms with E-state index in [0.29, 0.717) is 0 Å². The molecule has 55 valence electrons. The highest BCUT2D eigenvalue weighted by Crippen LogP contribution is 2.10. The summed E-state index contributed by atoms with van der Waals surface area (Å²) in [6.45, 7) is 0. The molecule has 1 rings (SSSR count). The molecule has 0 aliphatic heterocycles. The van der Waals surface area contributed by atoms with Crippen LogP contribution in [0.4, 0.5) is 5.69 Å². The normalized spacial score (nSPS) is 8.82. The van der Waals surface area contributed by atoms with Crippen LogP contribution in [0.3, 0.4) is 0 Å². The quantitative estimate of drug-likeness (QED) is 0.542. The van der Waals surface area contributed by atoms with Gasteiger partial charge in [0.2, 0.25) is 0 Å². The topological polar surface area (TPSA) is 3.24 Å². The SMILES string of the molecule is [C]#Cc1ccc(N(C)C)cc1. The van der Waals surface area contributed by atoms with Gasteiger partial charge in [-0.1, -0.05) is 5.92 Å². The van der Waals surface area contributed by atoms with Gasteiger partial charge in [0.05, 0.1) is 0 Å². The summed E-state index contributed by atoms with van der Waals surface area (Å²) in [5.41, 5.74) is 1.96. The summed E-state index contributed by atoms with van der Waals surface area (Å²) in [7, 11) is 3.98. The van der Waals surface area contributed by atoms with Crippen molar-refractivity contribution in [1.82, 2.24) is 0 Å². The van der Waals surface area contributed by atoms with Crippen molar-refractivity contribution in [3.8, 4) is 5.92 Å². The number of hydrogen-bond donors (Lipinski definition) is 0. The maximum atomic E-state index is 6.86. The number of anilines is 1. The highest BCUT2D eigenvalue weighted by atomic mass is 15.1. The Bertz CT molecular complexity index is 264. The van der Waals surface area contributed by atoms with Crippen LogP contribution in [0, 0.1) is 12.3 Å². The average Bonchev–Trinajstić information content (AvgIpc) is 2.05. The summed E-state index contributed by atoms with van der Waals surface area (Å²) in [4.78, 5) is 2.02.